The SMILES string of the molecule is CC(C)(C)OC(=O)N[C@@](CN1C(=O)c2ccccc2C1=O)(C(=O)O)C(C)(C)C. The van der Waals surface area contributed by atoms with Crippen LogP contribution in [0, 0.1) is 5.41 Å². The number of hydrogen-bond donors (Lipinski definition) is 2. The lowest BCUT2D eigenvalue weighted by Crippen LogP contribution is -2.68. The van der Waals surface area contributed by atoms with Crippen LogP contribution in [-0.2, 0) is 9.53 Å². The maximum absolute atomic E-state index is 12.7. The number of aliphatic carboxylic acids is 1. The Morgan fingerprint density at radius 2 is 1.46 bits per heavy atom. The lowest BCUT2D eigenvalue weighted by molar-refractivity contribution is -0.150. The highest BCUT2D eigenvalue weighted by atomic mass is 16.6. The number of carboxylic acid groups (broad SMARTS) is 1. The minimum atomic E-state index is -1.96. The topological polar surface area (TPSA) is 113 Å². The standard InChI is InChI=1S/C20H26N2O6/c1-18(2,3)20(16(25)26,21-17(27)28-19(4,5)6)11-22-14(23)12-9-7-8-10-13(12)15(22)24/h7-10H,11H2,1-6H3,(H,21,27)(H,25,26)/t20-/m0/s1. The number of benzene rings is 1. The van der Waals surface area contributed by atoms with Crippen LogP contribution in [0.3, 0.4) is 0 Å². The van der Waals surface area contributed by atoms with Crippen LogP contribution in [0.4, 0.5) is 4.79 Å². The van der Waals surface area contributed by atoms with Gasteiger partial charge in [0, 0.05) is 0 Å². The van der Waals surface area contributed by atoms with Gasteiger partial charge in [0.15, 0.2) is 5.54 Å². The van der Waals surface area contributed by atoms with E-state index in [2.05, 4.69) is 5.32 Å². The van der Waals surface area contributed by atoms with Crippen molar-refractivity contribution in [1.29, 1.82) is 0 Å². The largest absolute Gasteiger partial charge is 0.479 e. The van der Waals surface area contributed by atoms with Crippen LogP contribution in [0.5, 0.6) is 0 Å². The van der Waals surface area contributed by atoms with Crippen LogP contribution in [0.25, 0.3) is 0 Å². The number of alkyl carbamates (subject to hydrolysis) is 1. The van der Waals surface area contributed by atoms with Gasteiger partial charge in [0.1, 0.15) is 5.60 Å². The Morgan fingerprint density at radius 1 is 1.00 bits per heavy atom. The zero-order chi connectivity index (χ0) is 21.5. The molecule has 2 rings (SSSR count). The van der Waals surface area contributed by atoms with E-state index < -0.39 is 47.0 Å². The van der Waals surface area contributed by atoms with Crippen molar-refractivity contribution < 1.29 is 29.0 Å². The first-order chi connectivity index (χ1) is 12.7. The highest BCUT2D eigenvalue weighted by molar-refractivity contribution is 6.21. The summed E-state index contributed by atoms with van der Waals surface area (Å²) >= 11 is 0. The highest BCUT2D eigenvalue weighted by Crippen LogP contribution is 2.35. The molecule has 3 amide bonds. The second-order valence-corrected chi connectivity index (χ2v) is 8.83. The average molecular weight is 390 g/mol. The summed E-state index contributed by atoms with van der Waals surface area (Å²) in [5.41, 5.74) is -3.44. The zero-order valence-electron chi connectivity index (χ0n) is 17.0. The number of rotatable bonds is 4. The number of carboxylic acids is 1. The molecule has 0 spiro atoms. The lowest BCUT2D eigenvalue weighted by Gasteiger charge is -2.43. The molecule has 2 N–H and O–H groups in total. The maximum atomic E-state index is 12.7. The van der Waals surface area contributed by atoms with Gasteiger partial charge in [-0.2, -0.15) is 0 Å². The number of fused-ring (bicyclic) bond motifs is 1. The predicted molar refractivity (Wildman–Crippen MR) is 101 cm³/mol. The first-order valence-electron chi connectivity index (χ1n) is 8.89. The summed E-state index contributed by atoms with van der Waals surface area (Å²) in [5, 5.41) is 12.5. The van der Waals surface area contributed by atoms with Crippen molar-refractivity contribution in [2.24, 2.45) is 5.41 Å². The zero-order valence-corrected chi connectivity index (χ0v) is 17.0. The van der Waals surface area contributed by atoms with Crippen molar-refractivity contribution in [2.75, 3.05) is 6.54 Å². The Balaban J connectivity index is 2.44. The third-order valence-electron chi connectivity index (χ3n) is 4.63. The molecule has 1 aromatic rings. The Labute approximate surface area is 163 Å². The van der Waals surface area contributed by atoms with Gasteiger partial charge in [0.25, 0.3) is 11.8 Å². The van der Waals surface area contributed by atoms with E-state index in [1.807, 2.05) is 0 Å². The number of nitrogens with one attached hydrogen (secondary N) is 1. The number of carbonyl (C=O) groups excluding carboxylic acids is 3. The van der Waals surface area contributed by atoms with Gasteiger partial charge in [0.2, 0.25) is 0 Å². The number of hydrogen-bond acceptors (Lipinski definition) is 5. The minimum Gasteiger partial charge on any atom is -0.479 e. The molecule has 0 aromatic heterocycles. The van der Waals surface area contributed by atoms with Crippen LogP contribution in [0.1, 0.15) is 62.3 Å². The van der Waals surface area contributed by atoms with Gasteiger partial charge in [-0.05, 0) is 38.3 Å². The molecule has 0 aliphatic carbocycles. The fourth-order valence-corrected chi connectivity index (χ4v) is 3.00. The first kappa shape index (κ1) is 21.4. The van der Waals surface area contributed by atoms with Crippen molar-refractivity contribution in [1.82, 2.24) is 10.2 Å². The van der Waals surface area contributed by atoms with E-state index in [0.717, 1.165) is 4.90 Å². The Morgan fingerprint density at radius 3 is 1.82 bits per heavy atom. The number of ether oxygens (including phenoxy) is 1. The van der Waals surface area contributed by atoms with Crippen LogP contribution in [0.2, 0.25) is 0 Å². The summed E-state index contributed by atoms with van der Waals surface area (Å²) in [6.07, 6.45) is -0.943. The summed E-state index contributed by atoms with van der Waals surface area (Å²) in [6.45, 7) is 9.24. The molecule has 0 bridgehead atoms. The molecule has 0 radical (unpaired) electrons. The lowest BCUT2D eigenvalue weighted by atomic mass is 9.73. The summed E-state index contributed by atoms with van der Waals surface area (Å²) in [5.74, 6) is -2.56. The molecule has 8 nitrogen and oxygen atoms in total. The molecule has 1 aromatic carbocycles. The molecule has 1 aliphatic rings. The Bertz CT molecular complexity index is 799. The molecule has 1 atom stereocenters. The molecular weight excluding hydrogens is 364 g/mol. The quantitative estimate of drug-likeness (QED) is 0.764. The third-order valence-corrected chi connectivity index (χ3v) is 4.63. The first-order valence-corrected chi connectivity index (χ1v) is 8.89. The second-order valence-electron chi connectivity index (χ2n) is 8.83. The molecule has 0 saturated carbocycles. The van der Waals surface area contributed by atoms with Crippen LogP contribution < -0.4 is 5.32 Å². The molecule has 152 valence electrons. The summed E-state index contributed by atoms with van der Waals surface area (Å²) in [7, 11) is 0. The Hall–Kier alpha value is -2.90. The minimum absolute atomic E-state index is 0.206. The molecule has 0 fully saturated rings. The molecule has 0 saturated heterocycles. The van der Waals surface area contributed by atoms with E-state index in [1.165, 1.54) is 12.1 Å². The summed E-state index contributed by atoms with van der Waals surface area (Å²) in [6, 6.07) is 6.27. The normalized spacial score (nSPS) is 16.4. The van der Waals surface area contributed by atoms with Gasteiger partial charge in [-0.25, -0.2) is 9.59 Å². The van der Waals surface area contributed by atoms with Gasteiger partial charge in [-0.15, -0.1) is 0 Å². The van der Waals surface area contributed by atoms with Gasteiger partial charge in [0.05, 0.1) is 17.7 Å². The van der Waals surface area contributed by atoms with Crippen molar-refractivity contribution in [3.05, 3.63) is 35.4 Å². The van der Waals surface area contributed by atoms with Gasteiger partial charge < -0.3 is 15.2 Å². The number of carbonyl (C=O) groups is 4. The van der Waals surface area contributed by atoms with Crippen molar-refractivity contribution in [2.45, 2.75) is 52.7 Å². The van der Waals surface area contributed by atoms with Crippen LogP contribution >= 0.6 is 0 Å². The summed E-state index contributed by atoms with van der Waals surface area (Å²) in [4.78, 5) is 51.0. The highest BCUT2D eigenvalue weighted by Gasteiger charge is 2.54. The van der Waals surface area contributed by atoms with E-state index in [4.69, 9.17) is 4.74 Å². The van der Waals surface area contributed by atoms with E-state index in [0.29, 0.717) is 0 Å². The molecule has 1 heterocycles. The van der Waals surface area contributed by atoms with Crippen molar-refractivity contribution >= 4 is 23.9 Å². The van der Waals surface area contributed by atoms with Crippen molar-refractivity contribution in [3.63, 3.8) is 0 Å². The molecular formula is C20H26N2O6. The monoisotopic (exact) mass is 390 g/mol. The van der Waals surface area contributed by atoms with Crippen LogP contribution in [0.15, 0.2) is 24.3 Å². The Kier molecular flexibility index (Phi) is 5.29. The fourth-order valence-electron chi connectivity index (χ4n) is 3.00. The number of amides is 3. The maximum Gasteiger partial charge on any atom is 0.408 e. The molecule has 28 heavy (non-hydrogen) atoms. The van der Waals surface area contributed by atoms with E-state index in [1.54, 1.807) is 53.7 Å². The van der Waals surface area contributed by atoms with E-state index in [9.17, 15) is 24.3 Å². The molecule has 0 unspecified atom stereocenters. The second kappa shape index (κ2) is 6.92. The van der Waals surface area contributed by atoms with Crippen molar-refractivity contribution in [3.8, 4) is 0 Å². The van der Waals surface area contributed by atoms with E-state index >= 15 is 0 Å². The third kappa shape index (κ3) is 3.85. The van der Waals surface area contributed by atoms with Gasteiger partial charge >= 0.3 is 12.1 Å². The van der Waals surface area contributed by atoms with Gasteiger partial charge in [-0.1, -0.05) is 32.9 Å². The molecule has 1 aliphatic heterocycles. The van der Waals surface area contributed by atoms with Crippen LogP contribution in [-0.4, -0.2) is 51.6 Å². The predicted octanol–water partition coefficient (Wildman–Crippen LogP) is 2.68. The van der Waals surface area contributed by atoms with Gasteiger partial charge in [-0.3, -0.25) is 14.5 Å². The smallest absolute Gasteiger partial charge is 0.408 e. The molecule has 8 heteroatoms. The average Bonchev–Trinajstić information content (AvgIpc) is 2.76. The number of nitrogens with zero attached hydrogens (tertiary/aromatic N) is 1. The number of imide groups is 1. The van der Waals surface area contributed by atoms with E-state index in [-0.39, 0.29) is 11.1 Å². The summed E-state index contributed by atoms with van der Waals surface area (Å²) < 4.78 is 5.22. The fraction of sp³-hybridized carbons (Fsp3) is 0.500.